The van der Waals surface area contributed by atoms with Crippen LogP contribution in [0.1, 0.15) is 6.92 Å². The molecule has 3 amide bonds. The minimum atomic E-state index is -0.299. The van der Waals surface area contributed by atoms with Crippen LogP contribution in [-0.4, -0.2) is 38.1 Å². The number of carbonyl (C=O) groups excluding carboxylic acids is 2. The maximum absolute atomic E-state index is 12.1. The highest BCUT2D eigenvalue weighted by atomic mass is 127. The Morgan fingerprint density at radius 2 is 1.82 bits per heavy atom. The summed E-state index contributed by atoms with van der Waals surface area (Å²) < 4.78 is 1.29. The molecule has 4 nitrogen and oxygen atoms in total. The number of alkyl halides is 1. The Bertz CT molecular complexity index is 510. The summed E-state index contributed by atoms with van der Waals surface area (Å²) in [6, 6.07) is 9.04. The van der Waals surface area contributed by atoms with E-state index in [2.05, 4.69) is 22.6 Å². The molecule has 0 saturated heterocycles. The molecule has 1 unspecified atom stereocenters. The summed E-state index contributed by atoms with van der Waals surface area (Å²) in [4.78, 5) is 25.0. The standard InChI is InChI=1S/C12H12IN2O2/c1-8-10(13)11(16)14(2)12(17)15(8)9-6-4-3-5-7-9/h3-7,10H,1-2H3/q+1. The second-order valence-corrected chi connectivity index (χ2v) is 5.10. The number of carbonyl (C=O) groups is 2. The van der Waals surface area contributed by atoms with E-state index in [9.17, 15) is 9.59 Å². The minimum Gasteiger partial charge on any atom is -0.245 e. The molecule has 5 heteroatoms. The first-order valence-electron chi connectivity index (χ1n) is 5.18. The molecule has 1 aliphatic rings. The monoisotopic (exact) mass is 343 g/mol. The first-order chi connectivity index (χ1) is 8.04. The van der Waals surface area contributed by atoms with Crippen molar-refractivity contribution in [1.82, 2.24) is 4.90 Å². The summed E-state index contributed by atoms with van der Waals surface area (Å²) in [5.41, 5.74) is 1.54. The number of nitrogens with zero attached hydrogens (tertiary/aromatic N) is 2. The van der Waals surface area contributed by atoms with Crippen molar-refractivity contribution in [3.8, 4) is 0 Å². The van der Waals surface area contributed by atoms with Crippen LogP contribution in [0.2, 0.25) is 0 Å². The van der Waals surface area contributed by atoms with E-state index in [4.69, 9.17) is 0 Å². The van der Waals surface area contributed by atoms with Gasteiger partial charge in [0.15, 0.2) is 3.92 Å². The molecule has 0 aromatic heterocycles. The third kappa shape index (κ3) is 1.99. The van der Waals surface area contributed by atoms with Gasteiger partial charge in [-0.25, -0.2) is 4.79 Å². The summed E-state index contributed by atoms with van der Waals surface area (Å²) in [7, 11) is 1.51. The van der Waals surface area contributed by atoms with Crippen molar-refractivity contribution < 1.29 is 14.2 Å². The van der Waals surface area contributed by atoms with Gasteiger partial charge in [-0.1, -0.05) is 40.8 Å². The van der Waals surface area contributed by atoms with Crippen molar-refractivity contribution in [3.05, 3.63) is 30.3 Å². The van der Waals surface area contributed by atoms with Crippen LogP contribution < -0.4 is 0 Å². The van der Waals surface area contributed by atoms with E-state index in [0.717, 1.165) is 16.3 Å². The molecule has 1 heterocycles. The fourth-order valence-electron chi connectivity index (χ4n) is 1.75. The Hall–Kier alpha value is -1.24. The lowest BCUT2D eigenvalue weighted by atomic mass is 10.2. The number of imide groups is 1. The topological polar surface area (TPSA) is 40.4 Å². The number of amides is 3. The highest BCUT2D eigenvalue weighted by Gasteiger charge is 2.43. The first-order valence-corrected chi connectivity index (χ1v) is 6.43. The van der Waals surface area contributed by atoms with E-state index in [-0.39, 0.29) is 15.9 Å². The van der Waals surface area contributed by atoms with E-state index in [1.54, 1.807) is 4.58 Å². The fourth-order valence-corrected chi connectivity index (χ4v) is 2.44. The van der Waals surface area contributed by atoms with Crippen molar-refractivity contribution in [3.63, 3.8) is 0 Å². The predicted molar refractivity (Wildman–Crippen MR) is 73.0 cm³/mol. The summed E-state index contributed by atoms with van der Waals surface area (Å²) in [6.07, 6.45) is 0. The molecule has 0 N–H and O–H groups in total. The first kappa shape index (κ1) is 12.2. The molecule has 0 bridgehead atoms. The zero-order valence-corrected chi connectivity index (χ0v) is 11.7. The minimum absolute atomic E-state index is 0.166. The molecule has 1 aromatic carbocycles. The van der Waals surface area contributed by atoms with Gasteiger partial charge in [0.05, 0.1) is 7.05 Å². The zero-order valence-electron chi connectivity index (χ0n) is 9.55. The lowest BCUT2D eigenvalue weighted by Crippen LogP contribution is -2.51. The van der Waals surface area contributed by atoms with Crippen molar-refractivity contribution in [2.24, 2.45) is 0 Å². The molecule has 2 rings (SSSR count). The second kappa shape index (κ2) is 4.56. The van der Waals surface area contributed by atoms with E-state index in [1.165, 1.54) is 7.05 Å². The maximum atomic E-state index is 12.1. The van der Waals surface area contributed by atoms with Crippen LogP contribution in [-0.2, 0) is 4.79 Å². The van der Waals surface area contributed by atoms with Gasteiger partial charge in [-0.2, -0.15) is 14.3 Å². The molecule has 88 valence electrons. The van der Waals surface area contributed by atoms with E-state index < -0.39 is 0 Å². The second-order valence-electron chi connectivity index (χ2n) is 3.85. The zero-order chi connectivity index (χ0) is 12.6. The normalized spacial score (nSPS) is 21.1. The average Bonchev–Trinajstić information content (AvgIpc) is 2.36. The number of halogens is 1. The fraction of sp³-hybridized carbons (Fsp3) is 0.250. The van der Waals surface area contributed by atoms with Crippen molar-refractivity contribution >= 4 is 45.9 Å². The molecular formula is C12H12IN2O2+. The quantitative estimate of drug-likeness (QED) is 0.446. The molecule has 1 aliphatic heterocycles. The summed E-state index contributed by atoms with van der Waals surface area (Å²) in [6.45, 7) is 1.81. The largest absolute Gasteiger partial charge is 0.505 e. The summed E-state index contributed by atoms with van der Waals surface area (Å²) in [5.74, 6) is -0.166. The lowest BCUT2D eigenvalue weighted by Gasteiger charge is -2.21. The Morgan fingerprint density at radius 1 is 1.24 bits per heavy atom. The van der Waals surface area contributed by atoms with Gasteiger partial charge in [-0.05, 0) is 19.1 Å². The average molecular weight is 343 g/mol. The predicted octanol–water partition coefficient (Wildman–Crippen LogP) is 2.19. The van der Waals surface area contributed by atoms with Crippen LogP contribution in [0, 0.1) is 0 Å². The van der Waals surface area contributed by atoms with E-state index in [0.29, 0.717) is 0 Å². The van der Waals surface area contributed by atoms with Gasteiger partial charge in [0.25, 0.3) is 0 Å². The van der Waals surface area contributed by atoms with Gasteiger partial charge in [0.2, 0.25) is 0 Å². The Morgan fingerprint density at radius 3 is 2.41 bits per heavy atom. The summed E-state index contributed by atoms with van der Waals surface area (Å²) >= 11 is 2.05. The molecule has 1 aromatic rings. The van der Waals surface area contributed by atoms with Crippen LogP contribution in [0.15, 0.2) is 30.3 Å². The van der Waals surface area contributed by atoms with Gasteiger partial charge in [-0.15, -0.1) is 0 Å². The van der Waals surface area contributed by atoms with Crippen LogP contribution in [0.3, 0.4) is 0 Å². The number of urea groups is 1. The third-order valence-corrected chi connectivity index (χ3v) is 4.19. The van der Waals surface area contributed by atoms with E-state index >= 15 is 0 Å². The Labute approximate surface area is 113 Å². The third-order valence-electron chi connectivity index (χ3n) is 2.76. The van der Waals surface area contributed by atoms with Crippen LogP contribution in [0.25, 0.3) is 0 Å². The lowest BCUT2D eigenvalue weighted by molar-refractivity contribution is -0.346. The van der Waals surface area contributed by atoms with E-state index in [1.807, 2.05) is 37.3 Å². The molecule has 0 saturated carbocycles. The van der Waals surface area contributed by atoms with Gasteiger partial charge in [0, 0.05) is 0 Å². The smallest absolute Gasteiger partial charge is 0.245 e. The molecule has 0 radical (unpaired) electrons. The molecular weight excluding hydrogens is 331 g/mol. The van der Waals surface area contributed by atoms with Crippen molar-refractivity contribution in [2.45, 2.75) is 10.8 Å². The van der Waals surface area contributed by atoms with Crippen molar-refractivity contribution in [2.75, 3.05) is 7.05 Å². The number of hydrogen-bond acceptors (Lipinski definition) is 2. The number of benzene rings is 1. The van der Waals surface area contributed by atoms with Crippen LogP contribution >= 0.6 is 22.6 Å². The van der Waals surface area contributed by atoms with Gasteiger partial charge < -0.3 is 0 Å². The highest BCUT2D eigenvalue weighted by molar-refractivity contribution is 14.1. The Kier molecular flexibility index (Phi) is 3.28. The molecule has 0 fully saturated rings. The maximum Gasteiger partial charge on any atom is 0.505 e. The van der Waals surface area contributed by atoms with Crippen molar-refractivity contribution in [1.29, 1.82) is 0 Å². The van der Waals surface area contributed by atoms with Crippen LogP contribution in [0.5, 0.6) is 0 Å². The summed E-state index contributed by atoms with van der Waals surface area (Å²) in [5, 5.41) is 0. The van der Waals surface area contributed by atoms with Crippen LogP contribution in [0.4, 0.5) is 10.5 Å². The highest BCUT2D eigenvalue weighted by Crippen LogP contribution is 2.21. The SMILES string of the molecule is CC1=[N+](c2ccccc2)C(=O)N(C)C(=O)C1I. The van der Waals surface area contributed by atoms with Gasteiger partial charge in [0.1, 0.15) is 11.4 Å². The molecule has 0 aliphatic carbocycles. The molecule has 1 atom stereocenters. The molecule has 0 spiro atoms. The molecule has 17 heavy (non-hydrogen) atoms. The van der Waals surface area contributed by atoms with Gasteiger partial charge >= 0.3 is 11.9 Å². The Balaban J connectivity index is 2.59. The van der Waals surface area contributed by atoms with Gasteiger partial charge in [-0.3, -0.25) is 0 Å². The number of para-hydroxylation sites is 1. The number of hydrogen-bond donors (Lipinski definition) is 0. The number of rotatable bonds is 1.